The van der Waals surface area contributed by atoms with Gasteiger partial charge in [-0.15, -0.1) is 0 Å². The number of alkyl halides is 3. The maximum absolute atomic E-state index is 12.2. The van der Waals surface area contributed by atoms with Crippen LogP contribution in [0.1, 0.15) is 5.56 Å². The van der Waals surface area contributed by atoms with Crippen LogP contribution >= 0.6 is 0 Å². The monoisotopic (exact) mass is 291 g/mol. The van der Waals surface area contributed by atoms with Crippen LogP contribution in [-0.2, 0) is 10.1 Å². The molecule has 0 N–H and O–H groups in total. The van der Waals surface area contributed by atoms with Crippen molar-refractivity contribution >= 4 is 20.9 Å². The van der Waals surface area contributed by atoms with Crippen LogP contribution in [0.15, 0.2) is 30.5 Å². The molecule has 2 aromatic rings. The average molecular weight is 291 g/mol. The van der Waals surface area contributed by atoms with E-state index in [1.165, 1.54) is 13.1 Å². The minimum Gasteiger partial charge on any atom is -0.355 e. The first-order valence-corrected chi connectivity index (χ1v) is 6.48. The molecule has 0 radical (unpaired) electrons. The van der Waals surface area contributed by atoms with Gasteiger partial charge in [-0.1, -0.05) is 24.3 Å². The fourth-order valence-corrected chi connectivity index (χ4v) is 2.00. The highest BCUT2D eigenvalue weighted by Crippen LogP contribution is 2.30. The Balaban J connectivity index is 2.51. The van der Waals surface area contributed by atoms with Crippen molar-refractivity contribution in [3.8, 4) is 5.88 Å². The first-order chi connectivity index (χ1) is 8.72. The molecule has 0 amide bonds. The number of aromatic nitrogens is 1. The van der Waals surface area contributed by atoms with Gasteiger partial charge in [-0.3, -0.25) is 0 Å². The summed E-state index contributed by atoms with van der Waals surface area (Å²) in [6.45, 7) is 1.44. The van der Waals surface area contributed by atoms with E-state index < -0.39 is 21.5 Å². The molecule has 1 aromatic carbocycles. The third-order valence-corrected chi connectivity index (χ3v) is 3.42. The van der Waals surface area contributed by atoms with Crippen LogP contribution in [0.3, 0.4) is 0 Å². The molecule has 0 aliphatic heterocycles. The van der Waals surface area contributed by atoms with Crippen molar-refractivity contribution in [1.29, 1.82) is 0 Å². The molecule has 19 heavy (non-hydrogen) atoms. The third kappa shape index (κ3) is 2.48. The van der Waals surface area contributed by atoms with Crippen molar-refractivity contribution in [2.45, 2.75) is 12.4 Å². The van der Waals surface area contributed by atoms with Crippen molar-refractivity contribution in [2.75, 3.05) is 0 Å². The van der Waals surface area contributed by atoms with Crippen molar-refractivity contribution in [1.82, 2.24) is 4.98 Å². The van der Waals surface area contributed by atoms with Crippen LogP contribution in [0.25, 0.3) is 10.8 Å². The molecule has 0 unspecified atom stereocenters. The van der Waals surface area contributed by atoms with Gasteiger partial charge in [0.25, 0.3) is 0 Å². The number of aryl methyl sites for hydroxylation is 1. The summed E-state index contributed by atoms with van der Waals surface area (Å²) < 4.78 is 62.6. The van der Waals surface area contributed by atoms with Crippen LogP contribution in [0, 0.1) is 6.92 Å². The van der Waals surface area contributed by atoms with Crippen LogP contribution < -0.4 is 4.18 Å². The molecule has 1 aromatic heterocycles. The molecule has 2 rings (SSSR count). The van der Waals surface area contributed by atoms with E-state index in [1.807, 2.05) is 0 Å². The number of hydrogen-bond acceptors (Lipinski definition) is 4. The van der Waals surface area contributed by atoms with Crippen molar-refractivity contribution < 1.29 is 25.8 Å². The molecule has 0 aliphatic rings. The molecular weight excluding hydrogens is 283 g/mol. The number of nitrogens with zero attached hydrogens (tertiary/aromatic N) is 1. The number of pyridine rings is 1. The van der Waals surface area contributed by atoms with E-state index in [0.29, 0.717) is 10.8 Å². The molecule has 0 saturated carbocycles. The molecule has 0 saturated heterocycles. The van der Waals surface area contributed by atoms with Gasteiger partial charge in [0.2, 0.25) is 5.88 Å². The van der Waals surface area contributed by atoms with Crippen LogP contribution in [0.4, 0.5) is 13.2 Å². The lowest BCUT2D eigenvalue weighted by Crippen LogP contribution is -2.28. The molecular formula is C11H8F3NO3S. The maximum atomic E-state index is 12.2. The number of fused-ring (bicyclic) bond motifs is 1. The molecule has 1 heterocycles. The van der Waals surface area contributed by atoms with Crippen LogP contribution in [0.2, 0.25) is 0 Å². The Kier molecular flexibility index (Phi) is 3.13. The molecule has 102 valence electrons. The Morgan fingerprint density at radius 1 is 1.21 bits per heavy atom. The summed E-state index contributed by atoms with van der Waals surface area (Å²) in [5.41, 5.74) is -5.25. The second kappa shape index (κ2) is 4.37. The van der Waals surface area contributed by atoms with Gasteiger partial charge in [-0.2, -0.15) is 21.6 Å². The highest BCUT2D eigenvalue weighted by Gasteiger charge is 2.49. The van der Waals surface area contributed by atoms with E-state index in [4.69, 9.17) is 0 Å². The average Bonchev–Trinajstić information content (AvgIpc) is 2.31. The normalized spacial score (nSPS) is 12.6. The standard InChI is InChI=1S/C11H8F3NO3S/c1-7-9-5-3-2-4-8(9)6-15-10(7)18-19(16,17)11(12,13)14/h2-6H,1H3. The molecule has 0 atom stereocenters. The second-order valence-electron chi connectivity index (χ2n) is 3.76. The van der Waals surface area contributed by atoms with E-state index in [0.717, 1.165) is 0 Å². The largest absolute Gasteiger partial charge is 0.534 e. The fraction of sp³-hybridized carbons (Fsp3) is 0.182. The molecule has 0 aliphatic carbocycles. The summed E-state index contributed by atoms with van der Waals surface area (Å²) in [4.78, 5) is 3.60. The third-order valence-electron chi connectivity index (χ3n) is 2.48. The Morgan fingerprint density at radius 3 is 2.47 bits per heavy atom. The second-order valence-corrected chi connectivity index (χ2v) is 5.30. The van der Waals surface area contributed by atoms with Crippen LogP contribution in [0.5, 0.6) is 5.88 Å². The topological polar surface area (TPSA) is 56.3 Å². The van der Waals surface area contributed by atoms with Crippen LogP contribution in [-0.4, -0.2) is 18.9 Å². The van der Waals surface area contributed by atoms with Gasteiger partial charge in [0.05, 0.1) is 0 Å². The highest BCUT2D eigenvalue weighted by molar-refractivity contribution is 7.87. The first kappa shape index (κ1) is 13.6. The summed E-state index contributed by atoms with van der Waals surface area (Å²) in [7, 11) is -5.70. The zero-order valence-corrected chi connectivity index (χ0v) is 10.4. The predicted molar refractivity (Wildman–Crippen MR) is 62.1 cm³/mol. The Labute approximate surface area is 107 Å². The lowest BCUT2D eigenvalue weighted by atomic mass is 10.1. The van der Waals surface area contributed by atoms with E-state index in [-0.39, 0.29) is 5.56 Å². The number of benzene rings is 1. The SMILES string of the molecule is Cc1c(OS(=O)(=O)C(F)(F)F)ncc2ccccc12. The van der Waals surface area contributed by atoms with E-state index in [2.05, 4.69) is 9.17 Å². The number of rotatable bonds is 2. The lowest BCUT2D eigenvalue weighted by Gasteiger charge is -2.11. The van der Waals surface area contributed by atoms with E-state index in [9.17, 15) is 21.6 Å². The first-order valence-electron chi connectivity index (χ1n) is 5.07. The van der Waals surface area contributed by atoms with Crippen molar-refractivity contribution in [3.63, 3.8) is 0 Å². The zero-order valence-electron chi connectivity index (χ0n) is 9.60. The summed E-state index contributed by atoms with van der Waals surface area (Å²) in [6, 6.07) is 6.75. The van der Waals surface area contributed by atoms with E-state index in [1.54, 1.807) is 24.3 Å². The van der Waals surface area contributed by atoms with E-state index >= 15 is 0 Å². The Bertz CT molecular complexity index is 726. The maximum Gasteiger partial charge on any atom is 0.534 e. The summed E-state index contributed by atoms with van der Waals surface area (Å²) in [5.74, 6) is -0.573. The van der Waals surface area contributed by atoms with Crippen molar-refractivity contribution in [3.05, 3.63) is 36.0 Å². The zero-order chi connectivity index (χ0) is 14.3. The van der Waals surface area contributed by atoms with Gasteiger partial charge in [-0.25, -0.2) is 4.98 Å². The van der Waals surface area contributed by atoms with Gasteiger partial charge in [-0.05, 0) is 12.3 Å². The number of hydrogen-bond donors (Lipinski definition) is 0. The smallest absolute Gasteiger partial charge is 0.355 e. The molecule has 0 spiro atoms. The van der Waals surface area contributed by atoms with Gasteiger partial charge in [0.1, 0.15) is 0 Å². The molecule has 0 bridgehead atoms. The highest BCUT2D eigenvalue weighted by atomic mass is 32.2. The molecule has 8 heteroatoms. The fourth-order valence-electron chi connectivity index (χ4n) is 1.53. The Morgan fingerprint density at radius 2 is 1.84 bits per heavy atom. The Hall–Kier alpha value is -1.83. The molecule has 0 fully saturated rings. The summed E-state index contributed by atoms with van der Waals surface area (Å²) in [6.07, 6.45) is 1.25. The minimum absolute atomic E-state index is 0.228. The predicted octanol–water partition coefficient (Wildman–Crippen LogP) is 2.77. The van der Waals surface area contributed by atoms with Gasteiger partial charge < -0.3 is 4.18 Å². The minimum atomic E-state index is -5.70. The lowest BCUT2D eigenvalue weighted by molar-refractivity contribution is -0.0501. The number of halogens is 3. The van der Waals surface area contributed by atoms with Crippen molar-refractivity contribution in [2.24, 2.45) is 0 Å². The summed E-state index contributed by atoms with van der Waals surface area (Å²) >= 11 is 0. The summed E-state index contributed by atoms with van der Waals surface area (Å²) in [5, 5.41) is 1.25. The van der Waals surface area contributed by atoms with Gasteiger partial charge in [0.15, 0.2) is 0 Å². The van der Waals surface area contributed by atoms with Gasteiger partial charge in [0, 0.05) is 17.1 Å². The van der Waals surface area contributed by atoms with Gasteiger partial charge >= 0.3 is 15.6 Å². The quantitative estimate of drug-likeness (QED) is 0.630. The molecule has 4 nitrogen and oxygen atoms in total.